The fourth-order valence-corrected chi connectivity index (χ4v) is 2.41. The van der Waals surface area contributed by atoms with Gasteiger partial charge in [0.2, 0.25) is 0 Å². The molecule has 0 fully saturated rings. The minimum absolute atomic E-state index is 0.0131. The maximum Gasteiger partial charge on any atom is 0.129 e. The largest absolute Gasteiger partial charge is 0.390 e. The average molecular weight is 407 g/mol. The molecule has 0 bridgehead atoms. The third kappa shape index (κ3) is 5.74. The fourth-order valence-electron chi connectivity index (χ4n) is 2.25. The number of halogens is 1. The molecule has 3 nitrogen and oxygen atoms in total. The Labute approximate surface area is 169 Å². The Bertz CT molecular complexity index is 865. The number of aliphatic hydroxyl groups is 1. The lowest BCUT2D eigenvalue weighted by molar-refractivity contribution is 0.272. The third-order valence-electron chi connectivity index (χ3n) is 4.99. The standard InChI is InChI=1S/C15H13ClN2O.C7H18S/c16-15-7-6-14-13(17-15)8-12(10-19)18(14)9-11-4-2-1-3-5-11;1-7(2,3)8(4,5)6/h1-8,19H,9-10H2;1-6H3. The molecule has 0 spiro atoms. The number of aromatic nitrogens is 2. The first-order valence-corrected chi connectivity index (χ1v) is 12.2. The van der Waals surface area contributed by atoms with Gasteiger partial charge in [-0.1, -0.05) is 62.7 Å². The number of rotatable bonds is 3. The summed E-state index contributed by atoms with van der Waals surface area (Å²) in [6.07, 6.45) is 7.06. The van der Waals surface area contributed by atoms with Crippen molar-refractivity contribution in [3.05, 3.63) is 64.9 Å². The maximum absolute atomic E-state index is 9.49. The van der Waals surface area contributed by atoms with Crippen LogP contribution in [0.5, 0.6) is 0 Å². The fraction of sp³-hybridized carbons (Fsp3) is 0.409. The molecule has 0 unspecified atom stereocenters. The highest BCUT2D eigenvalue weighted by molar-refractivity contribution is 8.33. The van der Waals surface area contributed by atoms with E-state index in [1.807, 2.05) is 30.3 Å². The van der Waals surface area contributed by atoms with Crippen molar-refractivity contribution < 1.29 is 5.11 Å². The Kier molecular flexibility index (Phi) is 7.01. The molecule has 0 aliphatic heterocycles. The van der Waals surface area contributed by atoms with Crippen LogP contribution in [0.3, 0.4) is 0 Å². The summed E-state index contributed by atoms with van der Waals surface area (Å²) < 4.78 is 2.58. The molecule has 0 atom stereocenters. The molecule has 0 saturated carbocycles. The van der Waals surface area contributed by atoms with E-state index in [2.05, 4.69) is 61.2 Å². The van der Waals surface area contributed by atoms with Crippen molar-refractivity contribution in [2.45, 2.75) is 38.7 Å². The van der Waals surface area contributed by atoms with E-state index in [9.17, 15) is 5.11 Å². The van der Waals surface area contributed by atoms with Gasteiger partial charge in [-0.25, -0.2) is 15.0 Å². The molecule has 148 valence electrons. The van der Waals surface area contributed by atoms with E-state index in [1.165, 1.54) is 5.56 Å². The van der Waals surface area contributed by atoms with Crippen LogP contribution in [0.4, 0.5) is 0 Å². The Morgan fingerprint density at radius 2 is 1.63 bits per heavy atom. The number of fused-ring (bicyclic) bond motifs is 1. The van der Waals surface area contributed by atoms with Gasteiger partial charge in [-0.2, -0.15) is 0 Å². The van der Waals surface area contributed by atoms with Crippen molar-refractivity contribution in [2.24, 2.45) is 0 Å². The molecule has 0 aliphatic carbocycles. The lowest BCUT2D eigenvalue weighted by Crippen LogP contribution is -2.21. The molecule has 0 aliphatic rings. The van der Waals surface area contributed by atoms with Crippen LogP contribution in [0.2, 0.25) is 5.15 Å². The summed E-state index contributed by atoms with van der Waals surface area (Å²) in [4.78, 5) is 4.28. The molecule has 1 N–H and O–H groups in total. The number of pyridine rings is 1. The second-order valence-corrected chi connectivity index (χ2v) is 13.6. The number of hydrogen-bond donors (Lipinski definition) is 1. The van der Waals surface area contributed by atoms with Gasteiger partial charge < -0.3 is 9.67 Å². The minimum atomic E-state index is -0.340. The Balaban J connectivity index is 0.000000279. The minimum Gasteiger partial charge on any atom is -0.390 e. The van der Waals surface area contributed by atoms with Gasteiger partial charge in [0.05, 0.1) is 17.6 Å². The topological polar surface area (TPSA) is 38.1 Å². The second-order valence-electron chi connectivity index (χ2n) is 8.35. The van der Waals surface area contributed by atoms with Crippen LogP contribution >= 0.6 is 21.6 Å². The zero-order chi connectivity index (χ0) is 20.2. The van der Waals surface area contributed by atoms with Gasteiger partial charge in [0.15, 0.2) is 0 Å². The summed E-state index contributed by atoms with van der Waals surface area (Å²) in [5.74, 6) is 0. The first-order chi connectivity index (χ1) is 12.5. The van der Waals surface area contributed by atoms with Crippen molar-refractivity contribution in [3.8, 4) is 0 Å². The third-order valence-corrected chi connectivity index (χ3v) is 8.88. The van der Waals surface area contributed by atoms with Gasteiger partial charge in [0.25, 0.3) is 0 Å². The molecule has 3 aromatic rings. The van der Waals surface area contributed by atoms with E-state index in [-0.39, 0.29) is 16.6 Å². The second kappa shape index (κ2) is 8.68. The summed E-state index contributed by atoms with van der Waals surface area (Å²) in [6.45, 7) is 7.62. The summed E-state index contributed by atoms with van der Waals surface area (Å²) in [6, 6.07) is 15.7. The van der Waals surface area contributed by atoms with Gasteiger partial charge in [-0.3, -0.25) is 0 Å². The van der Waals surface area contributed by atoms with E-state index in [0.717, 1.165) is 16.7 Å². The van der Waals surface area contributed by atoms with Crippen molar-refractivity contribution in [1.82, 2.24) is 9.55 Å². The van der Waals surface area contributed by atoms with Crippen molar-refractivity contribution >= 4 is 32.7 Å². The quantitative estimate of drug-likeness (QED) is 0.565. The molecule has 2 heterocycles. The molecule has 0 saturated heterocycles. The van der Waals surface area contributed by atoms with E-state index >= 15 is 0 Å². The summed E-state index contributed by atoms with van der Waals surface area (Å²) >= 11 is 5.90. The Hall–Kier alpha value is -1.49. The zero-order valence-electron chi connectivity index (χ0n) is 17.2. The number of aliphatic hydroxyl groups excluding tert-OH is 1. The number of hydrogen-bond acceptors (Lipinski definition) is 2. The zero-order valence-corrected chi connectivity index (χ0v) is 18.7. The Morgan fingerprint density at radius 3 is 2.15 bits per heavy atom. The van der Waals surface area contributed by atoms with Crippen LogP contribution in [0, 0.1) is 0 Å². The maximum atomic E-state index is 9.49. The highest BCUT2D eigenvalue weighted by Crippen LogP contribution is 2.48. The molecular formula is C22H31ClN2OS. The van der Waals surface area contributed by atoms with Crippen LogP contribution in [-0.2, 0) is 13.2 Å². The molecule has 0 radical (unpaired) electrons. The van der Waals surface area contributed by atoms with E-state index in [1.54, 1.807) is 6.07 Å². The van der Waals surface area contributed by atoms with Gasteiger partial charge in [-0.05, 0) is 47.3 Å². The van der Waals surface area contributed by atoms with Gasteiger partial charge in [-0.15, -0.1) is 0 Å². The highest BCUT2D eigenvalue weighted by atomic mass is 35.5. The van der Waals surface area contributed by atoms with Crippen molar-refractivity contribution in [3.63, 3.8) is 0 Å². The van der Waals surface area contributed by atoms with Gasteiger partial charge >= 0.3 is 0 Å². The van der Waals surface area contributed by atoms with Gasteiger partial charge in [0, 0.05) is 12.2 Å². The molecule has 0 amide bonds. The predicted molar refractivity (Wildman–Crippen MR) is 121 cm³/mol. The molecule has 1 aromatic carbocycles. The first kappa shape index (κ1) is 21.8. The summed E-state index contributed by atoms with van der Waals surface area (Å²) in [5.41, 5.74) is 3.82. The number of nitrogens with zero attached hydrogens (tertiary/aromatic N) is 2. The van der Waals surface area contributed by atoms with Crippen LogP contribution in [-0.4, -0.2) is 38.2 Å². The highest BCUT2D eigenvalue weighted by Gasteiger charge is 2.21. The normalized spacial score (nSPS) is 12.6. The molecular weight excluding hydrogens is 376 g/mol. The summed E-state index contributed by atoms with van der Waals surface area (Å²) in [5, 5.41) is 9.95. The first-order valence-electron chi connectivity index (χ1n) is 9.00. The average Bonchev–Trinajstić information content (AvgIpc) is 2.91. The number of benzene rings is 1. The van der Waals surface area contributed by atoms with E-state index in [0.29, 0.717) is 16.4 Å². The molecule has 3 rings (SSSR count). The monoisotopic (exact) mass is 406 g/mol. The van der Waals surface area contributed by atoms with Crippen molar-refractivity contribution in [1.29, 1.82) is 0 Å². The smallest absolute Gasteiger partial charge is 0.129 e. The van der Waals surface area contributed by atoms with Gasteiger partial charge in [0.1, 0.15) is 5.15 Å². The van der Waals surface area contributed by atoms with Crippen LogP contribution in [0.25, 0.3) is 11.0 Å². The lowest BCUT2D eigenvalue weighted by Gasteiger charge is -2.40. The molecule has 27 heavy (non-hydrogen) atoms. The lowest BCUT2D eigenvalue weighted by atomic mass is 10.2. The van der Waals surface area contributed by atoms with Crippen LogP contribution in [0.15, 0.2) is 48.5 Å². The van der Waals surface area contributed by atoms with Crippen LogP contribution < -0.4 is 0 Å². The molecule has 5 heteroatoms. The van der Waals surface area contributed by atoms with Crippen LogP contribution in [0.1, 0.15) is 32.0 Å². The predicted octanol–water partition coefficient (Wildman–Crippen LogP) is 5.71. The van der Waals surface area contributed by atoms with Crippen molar-refractivity contribution in [2.75, 3.05) is 18.8 Å². The summed E-state index contributed by atoms with van der Waals surface area (Å²) in [7, 11) is -0.340. The SMILES string of the molecule is CC(C)(C)S(C)(C)C.OCc1cc2nc(Cl)ccc2n1Cc1ccccc1. The molecule has 2 aromatic heterocycles. The van der Waals surface area contributed by atoms with E-state index in [4.69, 9.17) is 11.6 Å². The Morgan fingerprint density at radius 1 is 1.04 bits per heavy atom. The van der Waals surface area contributed by atoms with E-state index < -0.39 is 0 Å².